The number of rotatable bonds is 9. The van der Waals surface area contributed by atoms with Gasteiger partial charge in [0.1, 0.15) is 11.9 Å². The molecule has 44 heavy (non-hydrogen) atoms. The summed E-state index contributed by atoms with van der Waals surface area (Å²) in [6.07, 6.45) is 6.50. The number of piperazine rings is 1. The van der Waals surface area contributed by atoms with E-state index in [9.17, 15) is 22.4 Å². The number of hydrogen-bond acceptors (Lipinski definition) is 7. The molecule has 12 heteroatoms. The fraction of sp³-hybridized carbons (Fsp3) is 0.750. The lowest BCUT2D eigenvalue weighted by Gasteiger charge is -2.42. The molecule has 246 valence electrons. The molecule has 0 aromatic heterocycles. The van der Waals surface area contributed by atoms with E-state index in [4.69, 9.17) is 9.47 Å². The van der Waals surface area contributed by atoms with Crippen LogP contribution in [0.2, 0.25) is 0 Å². The van der Waals surface area contributed by atoms with E-state index in [2.05, 4.69) is 16.0 Å². The van der Waals surface area contributed by atoms with E-state index in [1.54, 1.807) is 16.4 Å². The molecule has 1 aliphatic carbocycles. The van der Waals surface area contributed by atoms with Gasteiger partial charge in [0.05, 0.1) is 18.5 Å². The number of halogens is 1. The molecule has 3 heterocycles. The van der Waals surface area contributed by atoms with Gasteiger partial charge in [-0.05, 0) is 94.7 Å². The van der Waals surface area contributed by atoms with Gasteiger partial charge in [-0.15, -0.1) is 0 Å². The number of methoxy groups -OCH3 is 1. The van der Waals surface area contributed by atoms with Crippen LogP contribution in [0.5, 0.6) is 0 Å². The second-order valence-electron chi connectivity index (χ2n) is 13.7. The molecule has 5 rings (SSSR count). The van der Waals surface area contributed by atoms with E-state index < -0.39 is 33.7 Å². The Bertz CT molecular complexity index is 1260. The summed E-state index contributed by atoms with van der Waals surface area (Å²) >= 11 is 0. The molecule has 0 radical (unpaired) electrons. The average molecular weight is 637 g/mol. The molecular weight excluding hydrogens is 587 g/mol. The first-order chi connectivity index (χ1) is 21.0. The lowest BCUT2D eigenvalue weighted by atomic mass is 9.73. The molecule has 0 spiro atoms. The molecule has 1 aromatic carbocycles. The highest BCUT2D eigenvalue weighted by Gasteiger charge is 2.43. The Kier molecular flexibility index (Phi) is 10.5. The SMILES string of the molecule is COC(=O)N[C@H](C(=O)N[C@H]1CCC[C@@H]1CC[C@H]1CN[C@@H]2CCCS(=O)(=O)N1C2)C(c1ccc(F)cc1)C1CCOC(C)(C)C1. The average Bonchev–Trinajstić information content (AvgIpc) is 3.38. The summed E-state index contributed by atoms with van der Waals surface area (Å²) in [6, 6.07) is 5.28. The number of nitrogens with one attached hydrogen (secondary N) is 3. The molecule has 8 atom stereocenters. The summed E-state index contributed by atoms with van der Waals surface area (Å²) in [5, 5.41) is 9.65. The predicted molar refractivity (Wildman–Crippen MR) is 165 cm³/mol. The third-order valence-corrected chi connectivity index (χ3v) is 12.2. The third-order valence-electron chi connectivity index (χ3n) is 10.2. The van der Waals surface area contributed by atoms with Crippen LogP contribution in [-0.2, 0) is 24.3 Å². The smallest absolute Gasteiger partial charge is 0.407 e. The standard InChI is InChI=1S/C32H49FN4O6S/c1-32(2)18-23(15-16-43-32)28(22-9-12-24(33)13-10-22)29(36-31(39)42-3)30(38)35-27-8-4-6-21(27)11-14-26-19-34-25-7-5-17-44(40,41)37(26)20-25/h9-10,12-13,21,23,25-29,34H,4-8,11,14-20H2,1-3H3,(H,35,38)(H,36,39)/t21-,23?,25-,26+,27+,28?,29+/m1/s1. The zero-order valence-electron chi connectivity index (χ0n) is 26.2. The minimum absolute atomic E-state index is 0.00491. The maximum absolute atomic E-state index is 14.2. The summed E-state index contributed by atoms with van der Waals surface area (Å²) in [7, 11) is -1.99. The number of ether oxygens (including phenoxy) is 2. The van der Waals surface area contributed by atoms with Gasteiger partial charge in [0, 0.05) is 43.7 Å². The fourth-order valence-corrected chi connectivity index (χ4v) is 9.82. The van der Waals surface area contributed by atoms with Gasteiger partial charge in [0.2, 0.25) is 15.9 Å². The summed E-state index contributed by atoms with van der Waals surface area (Å²) < 4.78 is 52.5. The second kappa shape index (κ2) is 14.0. The van der Waals surface area contributed by atoms with E-state index in [1.807, 2.05) is 13.8 Å². The molecule has 10 nitrogen and oxygen atoms in total. The number of carbonyl (C=O) groups excluding carboxylic acids is 2. The van der Waals surface area contributed by atoms with Crippen molar-refractivity contribution < 1.29 is 31.9 Å². The summed E-state index contributed by atoms with van der Waals surface area (Å²) in [4.78, 5) is 26.8. The highest BCUT2D eigenvalue weighted by molar-refractivity contribution is 7.89. The van der Waals surface area contributed by atoms with Crippen molar-refractivity contribution in [3.63, 3.8) is 0 Å². The van der Waals surface area contributed by atoms with E-state index >= 15 is 0 Å². The molecule has 1 aromatic rings. The number of sulfonamides is 1. The number of amides is 2. The van der Waals surface area contributed by atoms with Crippen LogP contribution in [0.3, 0.4) is 0 Å². The van der Waals surface area contributed by atoms with Crippen molar-refractivity contribution >= 4 is 22.0 Å². The van der Waals surface area contributed by atoms with Gasteiger partial charge in [-0.3, -0.25) is 4.79 Å². The fourth-order valence-electron chi connectivity index (χ4n) is 8.01. The first-order valence-corrected chi connectivity index (χ1v) is 17.8. The van der Waals surface area contributed by atoms with E-state index in [0.717, 1.165) is 44.1 Å². The normalized spacial score (nSPS) is 32.5. The van der Waals surface area contributed by atoms with Crippen LogP contribution in [0.15, 0.2) is 24.3 Å². The maximum atomic E-state index is 14.2. The molecule has 3 aliphatic heterocycles. The molecule has 4 fully saturated rings. The Labute approximate surface area is 261 Å². The molecule has 2 bridgehead atoms. The van der Waals surface area contributed by atoms with Gasteiger partial charge in [0.15, 0.2) is 0 Å². The highest BCUT2D eigenvalue weighted by atomic mass is 32.2. The zero-order valence-corrected chi connectivity index (χ0v) is 27.0. The quantitative estimate of drug-likeness (QED) is 0.378. The molecule has 2 amide bonds. The zero-order chi connectivity index (χ0) is 31.5. The Morgan fingerprint density at radius 3 is 2.64 bits per heavy atom. The van der Waals surface area contributed by atoms with Crippen molar-refractivity contribution in [1.82, 2.24) is 20.3 Å². The molecule has 1 saturated carbocycles. The van der Waals surface area contributed by atoms with Crippen LogP contribution < -0.4 is 16.0 Å². The first kappa shape index (κ1) is 33.1. The number of alkyl carbamates (subject to hydrolysis) is 1. The second-order valence-corrected chi connectivity index (χ2v) is 15.8. The maximum Gasteiger partial charge on any atom is 0.407 e. The number of nitrogens with zero attached hydrogens (tertiary/aromatic N) is 1. The number of benzene rings is 1. The van der Waals surface area contributed by atoms with Crippen LogP contribution in [-0.4, -0.2) is 87.1 Å². The Morgan fingerprint density at radius 1 is 1.14 bits per heavy atom. The van der Waals surface area contributed by atoms with Gasteiger partial charge in [-0.1, -0.05) is 18.6 Å². The molecule has 3 unspecified atom stereocenters. The van der Waals surface area contributed by atoms with E-state index in [-0.39, 0.29) is 47.4 Å². The van der Waals surface area contributed by atoms with Crippen molar-refractivity contribution in [3.8, 4) is 0 Å². The van der Waals surface area contributed by atoms with Crippen molar-refractivity contribution in [1.29, 1.82) is 0 Å². The lowest BCUT2D eigenvalue weighted by molar-refractivity contribution is -0.126. The summed E-state index contributed by atoms with van der Waals surface area (Å²) in [5.41, 5.74) is 0.370. The van der Waals surface area contributed by atoms with Crippen molar-refractivity contribution in [2.24, 2.45) is 11.8 Å². The van der Waals surface area contributed by atoms with Crippen LogP contribution in [0.25, 0.3) is 0 Å². The van der Waals surface area contributed by atoms with Crippen LogP contribution >= 0.6 is 0 Å². The summed E-state index contributed by atoms with van der Waals surface area (Å²) in [5.74, 6) is -0.675. The number of hydrogen-bond donors (Lipinski definition) is 3. The van der Waals surface area contributed by atoms with Crippen LogP contribution in [0.1, 0.15) is 83.1 Å². The van der Waals surface area contributed by atoms with Gasteiger partial charge >= 0.3 is 6.09 Å². The topological polar surface area (TPSA) is 126 Å². The van der Waals surface area contributed by atoms with Gasteiger partial charge < -0.3 is 25.4 Å². The minimum atomic E-state index is -3.26. The largest absolute Gasteiger partial charge is 0.453 e. The molecule has 4 aliphatic rings. The Balaban J connectivity index is 1.32. The van der Waals surface area contributed by atoms with Crippen molar-refractivity contribution in [3.05, 3.63) is 35.6 Å². The lowest BCUT2D eigenvalue weighted by Crippen LogP contribution is -2.57. The van der Waals surface area contributed by atoms with E-state index in [1.165, 1.54) is 19.2 Å². The monoisotopic (exact) mass is 636 g/mol. The van der Waals surface area contributed by atoms with Crippen LogP contribution in [0, 0.1) is 17.7 Å². The van der Waals surface area contributed by atoms with Crippen molar-refractivity contribution in [2.75, 3.05) is 32.6 Å². The Hall–Kier alpha value is -2.28. The van der Waals surface area contributed by atoms with Crippen molar-refractivity contribution in [2.45, 2.75) is 107 Å². The first-order valence-electron chi connectivity index (χ1n) is 16.2. The van der Waals surface area contributed by atoms with Gasteiger partial charge in [0.25, 0.3) is 0 Å². The molecule has 3 N–H and O–H groups in total. The Morgan fingerprint density at radius 2 is 1.91 bits per heavy atom. The van der Waals surface area contributed by atoms with Crippen LogP contribution in [0.4, 0.5) is 9.18 Å². The van der Waals surface area contributed by atoms with E-state index in [0.29, 0.717) is 39.0 Å². The van der Waals surface area contributed by atoms with Gasteiger partial charge in [-0.25, -0.2) is 17.6 Å². The molecular formula is C32H49FN4O6S. The predicted octanol–water partition coefficient (Wildman–Crippen LogP) is 3.67. The van der Waals surface area contributed by atoms with Gasteiger partial charge in [-0.2, -0.15) is 4.31 Å². The number of fused-ring (bicyclic) bond motifs is 2. The summed E-state index contributed by atoms with van der Waals surface area (Å²) in [6.45, 7) is 5.75. The minimum Gasteiger partial charge on any atom is -0.453 e. The highest BCUT2D eigenvalue weighted by Crippen LogP contribution is 2.41. The third kappa shape index (κ3) is 7.92. The number of carbonyl (C=O) groups is 2. The molecule has 3 saturated heterocycles.